The molecule has 2 atom stereocenters. The van der Waals surface area contributed by atoms with Crippen LogP contribution in [0.2, 0.25) is 0 Å². The zero-order valence-corrected chi connectivity index (χ0v) is 15.6. The summed E-state index contributed by atoms with van der Waals surface area (Å²) >= 11 is 0. The van der Waals surface area contributed by atoms with E-state index in [1.165, 1.54) is 25.7 Å². The van der Waals surface area contributed by atoms with E-state index in [9.17, 15) is 14.7 Å². The Morgan fingerprint density at radius 1 is 1.00 bits per heavy atom. The van der Waals surface area contributed by atoms with Gasteiger partial charge in [0.2, 0.25) is 5.91 Å². The molecule has 0 unspecified atom stereocenters. The first kappa shape index (κ1) is 21.1. The number of likely N-dealkylation sites (N-methyl/N-ethyl adjacent to an activating group) is 1. The number of hydrogen-bond acceptors (Lipinski definition) is 4. The molecule has 140 valence electrons. The minimum absolute atomic E-state index is 0.149. The van der Waals surface area contributed by atoms with E-state index in [1.54, 1.807) is 6.92 Å². The number of amides is 1. The molecule has 5 heteroatoms. The molecular weight excluding hydrogens is 304 g/mol. The summed E-state index contributed by atoms with van der Waals surface area (Å²) in [6, 6.07) is 0.375. The van der Waals surface area contributed by atoms with Crippen molar-refractivity contribution < 1.29 is 14.7 Å². The first-order valence-electron chi connectivity index (χ1n) is 9.62. The third-order valence-corrected chi connectivity index (χ3v) is 4.95. The van der Waals surface area contributed by atoms with Gasteiger partial charge in [-0.25, -0.2) is 0 Å². The molecule has 0 aliphatic carbocycles. The van der Waals surface area contributed by atoms with Crippen molar-refractivity contribution in [1.82, 2.24) is 10.2 Å². The fraction of sp³-hybridized carbons (Fsp3) is 0.895. The molecule has 0 radical (unpaired) electrons. The standard InChI is InChI=1S/C19H36N2O3/c1-16(23)11-9-7-5-3-4-6-8-10-12-19(24)20-17-13-18(15-22)21(2)14-17/h17-18,22H,3-15H2,1-2H3,(H,20,24)/t17-,18+/m1/s1. The number of nitrogens with one attached hydrogen (secondary N) is 1. The first-order chi connectivity index (χ1) is 11.5. The lowest BCUT2D eigenvalue weighted by Gasteiger charge is -2.15. The van der Waals surface area contributed by atoms with Crippen LogP contribution in [0.3, 0.4) is 0 Å². The molecule has 0 aromatic rings. The number of carbonyl (C=O) groups excluding carboxylic acids is 2. The maximum Gasteiger partial charge on any atom is 0.220 e. The molecule has 1 amide bonds. The van der Waals surface area contributed by atoms with Crippen molar-refractivity contribution in [3.63, 3.8) is 0 Å². The smallest absolute Gasteiger partial charge is 0.220 e. The van der Waals surface area contributed by atoms with Gasteiger partial charge in [0.05, 0.1) is 6.61 Å². The van der Waals surface area contributed by atoms with Crippen molar-refractivity contribution in [2.45, 2.75) is 89.6 Å². The lowest BCUT2D eigenvalue weighted by molar-refractivity contribution is -0.122. The molecule has 24 heavy (non-hydrogen) atoms. The van der Waals surface area contributed by atoms with Crippen LogP contribution in [0.25, 0.3) is 0 Å². The molecule has 1 rings (SSSR count). The number of ketones is 1. The summed E-state index contributed by atoms with van der Waals surface area (Å²) in [6.07, 6.45) is 11.3. The normalized spacial score (nSPS) is 21.1. The van der Waals surface area contributed by atoms with E-state index in [-0.39, 0.29) is 24.6 Å². The largest absolute Gasteiger partial charge is 0.395 e. The maximum absolute atomic E-state index is 11.9. The van der Waals surface area contributed by atoms with Gasteiger partial charge in [-0.2, -0.15) is 0 Å². The van der Waals surface area contributed by atoms with Crippen molar-refractivity contribution in [1.29, 1.82) is 0 Å². The molecule has 1 fully saturated rings. The second-order valence-corrected chi connectivity index (χ2v) is 7.31. The Hall–Kier alpha value is -0.940. The first-order valence-corrected chi connectivity index (χ1v) is 9.62. The van der Waals surface area contributed by atoms with Gasteiger partial charge < -0.3 is 15.2 Å². The van der Waals surface area contributed by atoms with Gasteiger partial charge in [0.15, 0.2) is 0 Å². The van der Waals surface area contributed by atoms with Crippen molar-refractivity contribution >= 4 is 11.7 Å². The fourth-order valence-electron chi connectivity index (χ4n) is 3.42. The van der Waals surface area contributed by atoms with E-state index < -0.39 is 0 Å². The number of hydrogen-bond donors (Lipinski definition) is 2. The molecule has 1 aliphatic rings. The van der Waals surface area contributed by atoms with Gasteiger partial charge in [-0.15, -0.1) is 0 Å². The van der Waals surface area contributed by atoms with Gasteiger partial charge in [0, 0.05) is 31.5 Å². The molecule has 0 saturated carbocycles. The topological polar surface area (TPSA) is 69.6 Å². The monoisotopic (exact) mass is 340 g/mol. The van der Waals surface area contributed by atoms with E-state index in [0.29, 0.717) is 12.2 Å². The number of Topliss-reactive ketones (excluding diaryl/α,β-unsaturated/α-hetero) is 1. The van der Waals surface area contributed by atoms with Gasteiger partial charge in [-0.1, -0.05) is 38.5 Å². The average molecular weight is 341 g/mol. The van der Waals surface area contributed by atoms with Gasteiger partial charge in [-0.05, 0) is 33.2 Å². The Kier molecular flexibility index (Phi) is 10.9. The van der Waals surface area contributed by atoms with Crippen LogP contribution in [0.5, 0.6) is 0 Å². The number of rotatable bonds is 13. The number of aliphatic hydroxyl groups excluding tert-OH is 1. The molecule has 0 bridgehead atoms. The zero-order valence-electron chi connectivity index (χ0n) is 15.6. The summed E-state index contributed by atoms with van der Waals surface area (Å²) in [4.78, 5) is 24.9. The molecule has 1 heterocycles. The molecule has 5 nitrogen and oxygen atoms in total. The molecule has 1 saturated heterocycles. The summed E-state index contributed by atoms with van der Waals surface area (Å²) in [5.41, 5.74) is 0. The van der Waals surface area contributed by atoms with Crippen molar-refractivity contribution in [2.75, 3.05) is 20.2 Å². The van der Waals surface area contributed by atoms with Crippen LogP contribution in [0.1, 0.15) is 77.6 Å². The average Bonchev–Trinajstić information content (AvgIpc) is 2.88. The minimum Gasteiger partial charge on any atom is -0.395 e. The Labute approximate surface area is 147 Å². The second kappa shape index (κ2) is 12.4. The molecule has 1 aliphatic heterocycles. The summed E-state index contributed by atoms with van der Waals surface area (Å²) in [5, 5.41) is 12.3. The van der Waals surface area contributed by atoms with Crippen molar-refractivity contribution in [3.05, 3.63) is 0 Å². The van der Waals surface area contributed by atoms with Crippen LogP contribution in [0, 0.1) is 0 Å². The number of likely N-dealkylation sites (tertiary alicyclic amines) is 1. The zero-order chi connectivity index (χ0) is 17.8. The van der Waals surface area contributed by atoms with E-state index >= 15 is 0 Å². The minimum atomic E-state index is 0.149. The van der Waals surface area contributed by atoms with Gasteiger partial charge >= 0.3 is 0 Å². The highest BCUT2D eigenvalue weighted by Crippen LogP contribution is 2.15. The van der Waals surface area contributed by atoms with Crippen molar-refractivity contribution in [2.24, 2.45) is 0 Å². The number of nitrogens with zero attached hydrogens (tertiary/aromatic N) is 1. The van der Waals surface area contributed by atoms with E-state index in [0.717, 1.165) is 45.1 Å². The number of unbranched alkanes of at least 4 members (excludes halogenated alkanes) is 7. The van der Waals surface area contributed by atoms with Crippen LogP contribution in [0.4, 0.5) is 0 Å². The Morgan fingerprint density at radius 2 is 1.54 bits per heavy atom. The highest BCUT2D eigenvalue weighted by atomic mass is 16.3. The van der Waals surface area contributed by atoms with Crippen LogP contribution >= 0.6 is 0 Å². The SMILES string of the molecule is CC(=O)CCCCCCCCCCC(=O)N[C@@H]1C[C@@H](CO)N(C)C1. The predicted molar refractivity (Wildman–Crippen MR) is 96.9 cm³/mol. The molecular formula is C19H36N2O3. The van der Waals surface area contributed by atoms with Gasteiger partial charge in [0.1, 0.15) is 5.78 Å². The van der Waals surface area contributed by atoms with Crippen LogP contribution in [0.15, 0.2) is 0 Å². The maximum atomic E-state index is 11.9. The molecule has 0 aromatic heterocycles. The van der Waals surface area contributed by atoms with E-state index in [4.69, 9.17) is 0 Å². The highest BCUT2D eigenvalue weighted by molar-refractivity contribution is 5.76. The molecule has 0 spiro atoms. The lowest BCUT2D eigenvalue weighted by atomic mass is 10.1. The summed E-state index contributed by atoms with van der Waals surface area (Å²) in [7, 11) is 1.99. The molecule has 2 N–H and O–H groups in total. The van der Waals surface area contributed by atoms with Gasteiger partial charge in [0.25, 0.3) is 0 Å². The van der Waals surface area contributed by atoms with E-state index in [1.807, 2.05) is 7.05 Å². The quantitative estimate of drug-likeness (QED) is 0.506. The second-order valence-electron chi connectivity index (χ2n) is 7.31. The van der Waals surface area contributed by atoms with Gasteiger partial charge in [-0.3, -0.25) is 9.69 Å². The highest BCUT2D eigenvalue weighted by Gasteiger charge is 2.29. The lowest BCUT2D eigenvalue weighted by Crippen LogP contribution is -2.36. The molecule has 0 aromatic carbocycles. The van der Waals surface area contributed by atoms with Crippen LogP contribution in [-0.4, -0.2) is 54.0 Å². The Balaban J connectivity index is 1.90. The predicted octanol–water partition coefficient (Wildman–Crippen LogP) is 2.66. The number of aliphatic hydroxyl groups is 1. The summed E-state index contributed by atoms with van der Waals surface area (Å²) in [5.74, 6) is 0.445. The van der Waals surface area contributed by atoms with Crippen molar-refractivity contribution in [3.8, 4) is 0 Å². The summed E-state index contributed by atoms with van der Waals surface area (Å²) < 4.78 is 0. The third-order valence-electron chi connectivity index (χ3n) is 4.95. The Bertz CT molecular complexity index is 374. The fourth-order valence-corrected chi connectivity index (χ4v) is 3.42. The Morgan fingerprint density at radius 3 is 2.04 bits per heavy atom. The van der Waals surface area contributed by atoms with Crippen LogP contribution in [-0.2, 0) is 9.59 Å². The van der Waals surface area contributed by atoms with E-state index in [2.05, 4.69) is 10.2 Å². The number of carbonyl (C=O) groups is 2. The van der Waals surface area contributed by atoms with Crippen LogP contribution < -0.4 is 5.32 Å². The third kappa shape index (κ3) is 9.38. The summed E-state index contributed by atoms with van der Waals surface area (Å²) in [6.45, 7) is 2.66.